The van der Waals surface area contributed by atoms with Crippen molar-refractivity contribution in [2.45, 2.75) is 46.0 Å². The maximum absolute atomic E-state index is 12.4. The number of carbonyl (C=O) groups excluding carboxylic acids is 1. The number of rotatable bonds is 5. The van der Waals surface area contributed by atoms with E-state index in [0.29, 0.717) is 17.4 Å². The van der Waals surface area contributed by atoms with E-state index in [0.717, 1.165) is 23.7 Å². The van der Waals surface area contributed by atoms with Gasteiger partial charge in [-0.1, -0.05) is 37.3 Å². The Morgan fingerprint density at radius 2 is 2.08 bits per heavy atom. The summed E-state index contributed by atoms with van der Waals surface area (Å²) in [6.45, 7) is 4.55. The van der Waals surface area contributed by atoms with Crippen molar-refractivity contribution in [1.29, 1.82) is 0 Å². The minimum absolute atomic E-state index is 0.221. The van der Waals surface area contributed by atoms with Gasteiger partial charge in [-0.05, 0) is 44.4 Å². The van der Waals surface area contributed by atoms with E-state index in [1.54, 1.807) is 16.8 Å². The topological polar surface area (TPSA) is 59.8 Å². The molecule has 2 aromatic heterocycles. The zero-order chi connectivity index (χ0) is 17.1. The second-order valence-corrected chi connectivity index (χ2v) is 6.94. The first-order valence-corrected chi connectivity index (χ1v) is 8.91. The summed E-state index contributed by atoms with van der Waals surface area (Å²) in [7, 11) is 0. The smallest absolute Gasteiger partial charge is 0.271 e. The van der Waals surface area contributed by atoms with Crippen molar-refractivity contribution >= 4 is 17.5 Å². The Kier molecular flexibility index (Phi) is 5.19. The minimum Gasteiger partial charge on any atom is -0.351 e. The summed E-state index contributed by atoms with van der Waals surface area (Å²) in [6, 6.07) is 5.45. The average Bonchev–Trinajstić information content (AvgIpc) is 3.17. The Labute approximate surface area is 147 Å². The van der Waals surface area contributed by atoms with Gasteiger partial charge in [-0.15, -0.1) is 0 Å². The van der Waals surface area contributed by atoms with Gasteiger partial charge in [0.1, 0.15) is 5.69 Å². The summed E-state index contributed by atoms with van der Waals surface area (Å²) in [6.07, 6.45) is 6.22. The van der Waals surface area contributed by atoms with E-state index < -0.39 is 0 Å². The van der Waals surface area contributed by atoms with Crippen LogP contribution in [0.25, 0.3) is 5.82 Å². The number of nitrogens with zero attached hydrogens (tertiary/aromatic N) is 3. The van der Waals surface area contributed by atoms with Crippen LogP contribution in [0.5, 0.6) is 0 Å². The van der Waals surface area contributed by atoms with Gasteiger partial charge in [-0.2, -0.15) is 5.10 Å². The van der Waals surface area contributed by atoms with E-state index in [4.69, 9.17) is 11.6 Å². The van der Waals surface area contributed by atoms with Crippen molar-refractivity contribution in [3.63, 3.8) is 0 Å². The van der Waals surface area contributed by atoms with Gasteiger partial charge in [0.25, 0.3) is 5.91 Å². The number of carbonyl (C=O) groups is 1. The van der Waals surface area contributed by atoms with E-state index >= 15 is 0 Å². The largest absolute Gasteiger partial charge is 0.351 e. The molecule has 128 valence electrons. The normalized spacial score (nSPS) is 15.0. The molecule has 0 bridgehead atoms. The van der Waals surface area contributed by atoms with Crippen LogP contribution in [0.2, 0.25) is 5.02 Å². The van der Waals surface area contributed by atoms with Gasteiger partial charge in [0.15, 0.2) is 5.82 Å². The molecule has 0 spiro atoms. The fourth-order valence-electron chi connectivity index (χ4n) is 3.34. The van der Waals surface area contributed by atoms with Gasteiger partial charge in [0.2, 0.25) is 0 Å². The maximum atomic E-state index is 12.4. The molecule has 1 aliphatic rings. The first kappa shape index (κ1) is 17.0. The van der Waals surface area contributed by atoms with Crippen molar-refractivity contribution in [2.75, 3.05) is 6.54 Å². The molecule has 5 nitrogen and oxygen atoms in total. The lowest BCUT2D eigenvalue weighted by atomic mass is 10.0. The van der Waals surface area contributed by atoms with Crippen molar-refractivity contribution in [2.24, 2.45) is 5.92 Å². The molecule has 1 saturated carbocycles. The molecule has 0 radical (unpaired) electrons. The molecule has 24 heavy (non-hydrogen) atoms. The summed E-state index contributed by atoms with van der Waals surface area (Å²) in [5, 5.41) is 7.71. The summed E-state index contributed by atoms with van der Waals surface area (Å²) < 4.78 is 1.72. The van der Waals surface area contributed by atoms with Crippen LogP contribution in [0.15, 0.2) is 18.2 Å². The van der Waals surface area contributed by atoms with Gasteiger partial charge in [0.05, 0.1) is 10.7 Å². The lowest BCUT2D eigenvalue weighted by Crippen LogP contribution is -2.27. The predicted octanol–water partition coefficient (Wildman–Crippen LogP) is 3.85. The van der Waals surface area contributed by atoms with Crippen LogP contribution in [0.1, 0.15) is 54.0 Å². The lowest BCUT2D eigenvalue weighted by Gasteiger charge is -2.11. The molecule has 1 N–H and O–H groups in total. The molecule has 6 heteroatoms. The van der Waals surface area contributed by atoms with E-state index in [1.807, 2.05) is 19.9 Å². The monoisotopic (exact) mass is 346 g/mol. The van der Waals surface area contributed by atoms with E-state index in [2.05, 4.69) is 15.4 Å². The molecule has 3 rings (SSSR count). The number of amides is 1. The van der Waals surface area contributed by atoms with Crippen molar-refractivity contribution in [3.05, 3.63) is 40.3 Å². The molecule has 0 atom stereocenters. The highest BCUT2D eigenvalue weighted by molar-refractivity contribution is 6.33. The average molecular weight is 347 g/mol. The van der Waals surface area contributed by atoms with Crippen LogP contribution in [0, 0.1) is 19.8 Å². The Balaban J connectivity index is 1.71. The molecular weight excluding hydrogens is 324 g/mol. The van der Waals surface area contributed by atoms with Gasteiger partial charge in [-0.25, -0.2) is 9.67 Å². The molecule has 0 aromatic carbocycles. The van der Waals surface area contributed by atoms with E-state index in [-0.39, 0.29) is 11.6 Å². The summed E-state index contributed by atoms with van der Waals surface area (Å²) >= 11 is 6.18. The van der Waals surface area contributed by atoms with Gasteiger partial charge < -0.3 is 5.32 Å². The second kappa shape index (κ2) is 7.34. The van der Waals surface area contributed by atoms with Crippen molar-refractivity contribution in [3.8, 4) is 5.82 Å². The third-order valence-corrected chi connectivity index (χ3v) is 4.89. The van der Waals surface area contributed by atoms with Crippen LogP contribution in [0.4, 0.5) is 0 Å². The molecule has 0 aliphatic heterocycles. The van der Waals surface area contributed by atoms with E-state index in [9.17, 15) is 4.79 Å². The maximum Gasteiger partial charge on any atom is 0.271 e. The predicted molar refractivity (Wildman–Crippen MR) is 94.8 cm³/mol. The lowest BCUT2D eigenvalue weighted by molar-refractivity contribution is 0.0946. The Bertz CT molecular complexity index is 735. The minimum atomic E-state index is -0.221. The molecular formula is C18H23ClN4O. The molecule has 2 aromatic rings. The van der Waals surface area contributed by atoms with Gasteiger partial charge in [0, 0.05) is 12.2 Å². The van der Waals surface area contributed by atoms with Crippen molar-refractivity contribution < 1.29 is 4.79 Å². The van der Waals surface area contributed by atoms with Gasteiger partial charge >= 0.3 is 0 Å². The molecule has 1 aliphatic carbocycles. The summed E-state index contributed by atoms with van der Waals surface area (Å²) in [4.78, 5) is 16.8. The van der Waals surface area contributed by atoms with Crippen LogP contribution >= 0.6 is 11.6 Å². The Morgan fingerprint density at radius 3 is 2.75 bits per heavy atom. The zero-order valence-corrected chi connectivity index (χ0v) is 14.9. The number of aryl methyl sites for hydroxylation is 2. The number of hydrogen-bond donors (Lipinski definition) is 1. The molecule has 0 unspecified atom stereocenters. The summed E-state index contributed by atoms with van der Waals surface area (Å²) in [5.41, 5.74) is 2.13. The number of nitrogens with one attached hydrogen (secondary N) is 1. The Hall–Kier alpha value is -1.88. The van der Waals surface area contributed by atoms with Crippen LogP contribution in [-0.2, 0) is 0 Å². The third-order valence-electron chi connectivity index (χ3n) is 4.59. The van der Waals surface area contributed by atoms with E-state index in [1.165, 1.54) is 25.7 Å². The highest BCUT2D eigenvalue weighted by atomic mass is 35.5. The molecule has 1 amide bonds. The van der Waals surface area contributed by atoms with Gasteiger partial charge in [-0.3, -0.25) is 4.79 Å². The van der Waals surface area contributed by atoms with Crippen LogP contribution in [-0.4, -0.2) is 27.2 Å². The van der Waals surface area contributed by atoms with Crippen LogP contribution in [0.3, 0.4) is 0 Å². The number of halogens is 1. The highest BCUT2D eigenvalue weighted by Gasteiger charge is 2.17. The van der Waals surface area contributed by atoms with Crippen molar-refractivity contribution in [1.82, 2.24) is 20.1 Å². The third kappa shape index (κ3) is 3.78. The molecule has 0 saturated heterocycles. The highest BCUT2D eigenvalue weighted by Crippen LogP contribution is 2.27. The fraction of sp³-hybridized carbons (Fsp3) is 0.500. The Morgan fingerprint density at radius 1 is 1.33 bits per heavy atom. The molecule has 1 fully saturated rings. The number of hydrogen-bond acceptors (Lipinski definition) is 3. The quantitative estimate of drug-likeness (QED) is 0.894. The fourth-order valence-corrected chi connectivity index (χ4v) is 3.53. The SMILES string of the molecule is Cc1cc(C)n(-c2ccc(Cl)c(C(=O)NCCC3CCCC3)n2)n1. The number of aromatic nitrogens is 3. The number of pyridine rings is 1. The van der Waals surface area contributed by atoms with Crippen LogP contribution < -0.4 is 5.32 Å². The second-order valence-electron chi connectivity index (χ2n) is 6.53. The zero-order valence-electron chi connectivity index (χ0n) is 14.2. The standard InChI is InChI=1S/C18H23ClN4O/c1-12-11-13(2)23(22-12)16-8-7-15(19)17(21-16)18(24)20-10-9-14-5-3-4-6-14/h7-8,11,14H,3-6,9-10H2,1-2H3,(H,20,24). The molecule has 2 heterocycles. The summed E-state index contributed by atoms with van der Waals surface area (Å²) in [5.74, 6) is 1.13. The first-order valence-electron chi connectivity index (χ1n) is 8.53. The first-order chi connectivity index (χ1) is 11.5.